The minimum absolute atomic E-state index is 0.0113. The summed E-state index contributed by atoms with van der Waals surface area (Å²) in [5, 5.41) is 8.36. The fourth-order valence-electron chi connectivity index (χ4n) is 4.84. The van der Waals surface area contributed by atoms with E-state index in [4.69, 9.17) is 4.74 Å². The van der Waals surface area contributed by atoms with E-state index in [1.54, 1.807) is 37.3 Å². The van der Waals surface area contributed by atoms with E-state index in [1.807, 2.05) is 30.3 Å². The van der Waals surface area contributed by atoms with Crippen LogP contribution in [0.5, 0.6) is 5.75 Å². The molecule has 0 aliphatic carbocycles. The van der Waals surface area contributed by atoms with Gasteiger partial charge in [-0.1, -0.05) is 30.3 Å². The average Bonchev–Trinajstić information content (AvgIpc) is 3.27. The summed E-state index contributed by atoms with van der Waals surface area (Å²) in [6, 6.07) is 21.9. The van der Waals surface area contributed by atoms with Gasteiger partial charge in [0, 0.05) is 25.7 Å². The predicted molar refractivity (Wildman–Crippen MR) is 159 cm³/mol. The number of esters is 1. The van der Waals surface area contributed by atoms with Crippen molar-refractivity contribution in [3.8, 4) is 5.75 Å². The Labute approximate surface area is 244 Å². The second-order valence-corrected chi connectivity index (χ2v) is 12.0. The lowest BCUT2D eigenvalue weighted by Gasteiger charge is -2.30. The van der Waals surface area contributed by atoms with Crippen molar-refractivity contribution >= 4 is 51.0 Å². The van der Waals surface area contributed by atoms with Crippen LogP contribution in [0.1, 0.15) is 32.3 Å². The Morgan fingerprint density at radius 1 is 1.00 bits per heavy atom. The molecule has 10 nitrogen and oxygen atoms in total. The van der Waals surface area contributed by atoms with Gasteiger partial charge in [0.1, 0.15) is 5.75 Å². The van der Waals surface area contributed by atoms with Gasteiger partial charge < -0.3 is 10.1 Å². The van der Waals surface area contributed by atoms with Gasteiger partial charge in [0.2, 0.25) is 15.9 Å². The van der Waals surface area contributed by atoms with E-state index in [2.05, 4.69) is 10.4 Å². The zero-order valence-electron chi connectivity index (χ0n) is 23.2. The first-order chi connectivity index (χ1) is 20.1. The lowest BCUT2D eigenvalue weighted by atomic mass is 10.00. The van der Waals surface area contributed by atoms with E-state index < -0.39 is 21.9 Å². The van der Waals surface area contributed by atoms with E-state index >= 15 is 0 Å². The molecule has 42 heavy (non-hydrogen) atoms. The SMILES string of the molecule is CC(=O)Nc1ccc(S(=O)(=O)N2CCCC(C(=O)Oc3ccc(/C=C4\C(=O)N(c5ccccc5)N=C4C)cc3)C2)cc1. The molecule has 11 heteroatoms. The molecule has 0 saturated carbocycles. The molecule has 2 aliphatic rings. The number of hydrogen-bond donors (Lipinski definition) is 1. The predicted octanol–water partition coefficient (Wildman–Crippen LogP) is 4.46. The first-order valence-corrected chi connectivity index (χ1v) is 14.9. The van der Waals surface area contributed by atoms with Crippen LogP contribution in [0.2, 0.25) is 0 Å². The average molecular weight is 587 g/mol. The first kappa shape index (κ1) is 28.9. The highest BCUT2D eigenvalue weighted by Gasteiger charge is 2.34. The van der Waals surface area contributed by atoms with E-state index in [0.717, 1.165) is 5.56 Å². The van der Waals surface area contributed by atoms with Gasteiger partial charge in [0.25, 0.3) is 5.91 Å². The van der Waals surface area contributed by atoms with E-state index in [-0.39, 0.29) is 23.3 Å². The van der Waals surface area contributed by atoms with Gasteiger partial charge >= 0.3 is 5.97 Å². The van der Waals surface area contributed by atoms with Crippen LogP contribution >= 0.6 is 0 Å². The molecule has 3 aromatic rings. The van der Waals surface area contributed by atoms with Crippen LogP contribution in [0.15, 0.2) is 94.4 Å². The number of hydrazone groups is 1. The Hall–Kier alpha value is -4.61. The normalized spacial score (nSPS) is 18.6. The van der Waals surface area contributed by atoms with Crippen molar-refractivity contribution in [2.45, 2.75) is 31.6 Å². The summed E-state index contributed by atoms with van der Waals surface area (Å²) in [7, 11) is -3.83. The van der Waals surface area contributed by atoms with Crippen molar-refractivity contribution in [3.05, 3.63) is 90.0 Å². The number of nitrogens with zero attached hydrogens (tertiary/aromatic N) is 3. The van der Waals surface area contributed by atoms with E-state index in [0.29, 0.717) is 47.8 Å². The number of carbonyl (C=O) groups is 3. The minimum Gasteiger partial charge on any atom is -0.426 e. The molecule has 0 spiro atoms. The zero-order chi connectivity index (χ0) is 29.9. The van der Waals surface area contributed by atoms with Gasteiger partial charge in [0.05, 0.1) is 27.8 Å². The molecule has 2 amide bonds. The van der Waals surface area contributed by atoms with Crippen molar-refractivity contribution in [2.24, 2.45) is 11.0 Å². The lowest BCUT2D eigenvalue weighted by Crippen LogP contribution is -2.43. The van der Waals surface area contributed by atoms with Crippen LogP contribution in [0.4, 0.5) is 11.4 Å². The molecule has 216 valence electrons. The molecule has 1 N–H and O–H groups in total. The van der Waals surface area contributed by atoms with Crippen molar-refractivity contribution in [2.75, 3.05) is 23.4 Å². The maximum absolute atomic E-state index is 13.2. The number of anilines is 2. The molecular formula is C31H30N4O6S. The van der Waals surface area contributed by atoms with Crippen LogP contribution < -0.4 is 15.1 Å². The second-order valence-electron chi connectivity index (χ2n) is 10.1. The zero-order valence-corrected chi connectivity index (χ0v) is 24.0. The topological polar surface area (TPSA) is 125 Å². The molecular weight excluding hydrogens is 556 g/mol. The van der Waals surface area contributed by atoms with Crippen LogP contribution in [0.3, 0.4) is 0 Å². The summed E-state index contributed by atoms with van der Waals surface area (Å²) in [6.07, 6.45) is 2.77. The number of benzene rings is 3. The Morgan fingerprint density at radius 3 is 2.36 bits per heavy atom. The number of carbonyl (C=O) groups excluding carboxylic acids is 3. The third-order valence-corrected chi connectivity index (χ3v) is 8.88. The Balaban J connectivity index is 1.21. The highest BCUT2D eigenvalue weighted by atomic mass is 32.2. The third kappa shape index (κ3) is 6.32. The van der Waals surface area contributed by atoms with Gasteiger partial charge in [-0.15, -0.1) is 0 Å². The number of para-hydroxylation sites is 1. The highest BCUT2D eigenvalue weighted by molar-refractivity contribution is 7.89. The summed E-state index contributed by atoms with van der Waals surface area (Å²) in [6.45, 7) is 3.46. The molecule has 1 unspecified atom stereocenters. The molecule has 1 saturated heterocycles. The maximum Gasteiger partial charge on any atom is 0.315 e. The van der Waals surface area contributed by atoms with Crippen molar-refractivity contribution in [1.29, 1.82) is 0 Å². The molecule has 2 aliphatic heterocycles. The van der Waals surface area contributed by atoms with E-state index in [1.165, 1.54) is 40.5 Å². The molecule has 1 fully saturated rings. The van der Waals surface area contributed by atoms with Crippen molar-refractivity contribution < 1.29 is 27.5 Å². The molecule has 3 aromatic carbocycles. The lowest BCUT2D eigenvalue weighted by molar-refractivity contribution is -0.140. The number of sulfonamides is 1. The van der Waals surface area contributed by atoms with Gasteiger partial charge in [-0.2, -0.15) is 14.4 Å². The van der Waals surface area contributed by atoms with Crippen LogP contribution in [-0.2, 0) is 24.4 Å². The molecule has 0 bridgehead atoms. The number of ether oxygens (including phenoxy) is 1. The van der Waals surface area contributed by atoms with E-state index in [9.17, 15) is 22.8 Å². The van der Waals surface area contributed by atoms with Crippen LogP contribution in [-0.4, -0.2) is 49.3 Å². The number of amides is 2. The fraction of sp³-hybridized carbons (Fsp3) is 0.226. The molecule has 0 aromatic heterocycles. The maximum atomic E-state index is 13.2. The largest absolute Gasteiger partial charge is 0.426 e. The van der Waals surface area contributed by atoms with Crippen molar-refractivity contribution in [1.82, 2.24) is 4.31 Å². The summed E-state index contributed by atoms with van der Waals surface area (Å²) >= 11 is 0. The Bertz CT molecular complexity index is 1670. The van der Waals surface area contributed by atoms with Gasteiger partial charge in [0.15, 0.2) is 0 Å². The molecule has 5 rings (SSSR count). The standard InChI is InChI=1S/C31H30N4O6S/c1-21-29(30(37)35(33-21)26-8-4-3-5-9-26)19-23-10-14-27(15-11-23)41-31(38)24-7-6-18-34(20-24)42(39,40)28-16-12-25(13-17-28)32-22(2)36/h3-5,8-17,19,24H,6-7,18,20H2,1-2H3,(H,32,36)/b29-19-. The third-order valence-electron chi connectivity index (χ3n) is 7.00. The molecule has 1 atom stereocenters. The second kappa shape index (κ2) is 12.1. The van der Waals surface area contributed by atoms with Gasteiger partial charge in [-0.25, -0.2) is 8.42 Å². The number of piperidine rings is 1. The summed E-state index contributed by atoms with van der Waals surface area (Å²) in [4.78, 5) is 37.3. The quantitative estimate of drug-likeness (QED) is 0.248. The fourth-order valence-corrected chi connectivity index (χ4v) is 6.37. The summed E-state index contributed by atoms with van der Waals surface area (Å²) < 4.78 is 33.3. The number of hydrogen-bond acceptors (Lipinski definition) is 7. The Kier molecular flexibility index (Phi) is 8.32. The van der Waals surface area contributed by atoms with Crippen molar-refractivity contribution in [3.63, 3.8) is 0 Å². The number of nitrogens with one attached hydrogen (secondary N) is 1. The molecule has 2 heterocycles. The monoisotopic (exact) mass is 586 g/mol. The smallest absolute Gasteiger partial charge is 0.315 e. The summed E-state index contributed by atoms with van der Waals surface area (Å²) in [5.41, 5.74) is 2.98. The summed E-state index contributed by atoms with van der Waals surface area (Å²) in [5.74, 6) is -1.28. The first-order valence-electron chi connectivity index (χ1n) is 13.5. The van der Waals surface area contributed by atoms with Crippen LogP contribution in [0.25, 0.3) is 6.08 Å². The van der Waals surface area contributed by atoms with Crippen LogP contribution in [0, 0.1) is 5.92 Å². The molecule has 0 radical (unpaired) electrons. The Morgan fingerprint density at radius 2 is 1.69 bits per heavy atom. The highest BCUT2D eigenvalue weighted by Crippen LogP contribution is 2.28. The van der Waals surface area contributed by atoms with Gasteiger partial charge in [-0.3, -0.25) is 14.4 Å². The number of rotatable bonds is 7. The van der Waals surface area contributed by atoms with Gasteiger partial charge in [-0.05, 0) is 79.9 Å². The minimum atomic E-state index is -3.83.